The first-order valence-electron chi connectivity index (χ1n) is 5.75. The first-order valence-corrected chi connectivity index (χ1v) is 6.57. The molecule has 3 N–H and O–H groups in total. The molecule has 7 nitrogen and oxygen atoms in total. The molecule has 0 bridgehead atoms. The molecule has 1 aromatic heterocycles. The second-order valence-electron chi connectivity index (χ2n) is 3.97. The van der Waals surface area contributed by atoms with E-state index in [1.165, 1.54) is 25.5 Å². The summed E-state index contributed by atoms with van der Waals surface area (Å²) in [4.78, 5) is 34.1. The molecular weight excluding hydrogens is 284 g/mol. The van der Waals surface area contributed by atoms with E-state index < -0.39 is 18.1 Å². The summed E-state index contributed by atoms with van der Waals surface area (Å²) in [6.45, 7) is 1.71. The number of thiophene rings is 1. The number of carbonyl (C=O) groups is 3. The summed E-state index contributed by atoms with van der Waals surface area (Å²) in [5.74, 6) is -1.51. The second kappa shape index (κ2) is 7.01. The lowest BCUT2D eigenvalue weighted by Gasteiger charge is -2.13. The highest BCUT2D eigenvalue weighted by Crippen LogP contribution is 2.32. The van der Waals surface area contributed by atoms with Crippen molar-refractivity contribution in [3.8, 4) is 0 Å². The van der Waals surface area contributed by atoms with E-state index in [2.05, 4.69) is 15.4 Å². The van der Waals surface area contributed by atoms with Crippen molar-refractivity contribution in [2.24, 2.45) is 0 Å². The van der Waals surface area contributed by atoms with Crippen LogP contribution in [0, 0.1) is 6.92 Å². The Bertz CT molecular complexity index is 526. The van der Waals surface area contributed by atoms with E-state index in [-0.39, 0.29) is 6.42 Å². The number of hydrogen-bond donors (Lipinski definition) is 3. The van der Waals surface area contributed by atoms with E-state index >= 15 is 0 Å². The number of nitrogens with one attached hydrogen (secondary N) is 2. The van der Waals surface area contributed by atoms with Gasteiger partial charge < -0.3 is 15.2 Å². The Morgan fingerprint density at radius 2 is 2.15 bits per heavy atom. The van der Waals surface area contributed by atoms with Crippen LogP contribution in [0.2, 0.25) is 0 Å². The molecule has 1 aromatic rings. The van der Waals surface area contributed by atoms with E-state index in [4.69, 9.17) is 5.11 Å². The summed E-state index contributed by atoms with van der Waals surface area (Å²) >= 11 is 1.17. The van der Waals surface area contributed by atoms with Crippen LogP contribution in [0.1, 0.15) is 20.8 Å². The number of rotatable bonds is 7. The highest BCUT2D eigenvalue weighted by Gasteiger charge is 2.21. The number of likely N-dealkylation sites (N-methyl/N-ethyl adjacent to an activating group) is 1. The fourth-order valence-electron chi connectivity index (χ4n) is 1.58. The van der Waals surface area contributed by atoms with Crippen LogP contribution in [0.25, 0.3) is 0 Å². The van der Waals surface area contributed by atoms with Crippen LogP contribution in [0.3, 0.4) is 0 Å². The van der Waals surface area contributed by atoms with Gasteiger partial charge in [0.15, 0.2) is 12.5 Å². The highest BCUT2D eigenvalue weighted by atomic mass is 32.1. The number of ether oxygens (including phenoxy) is 1. The van der Waals surface area contributed by atoms with Crippen LogP contribution in [0.5, 0.6) is 0 Å². The van der Waals surface area contributed by atoms with Gasteiger partial charge >= 0.3 is 11.9 Å². The van der Waals surface area contributed by atoms with E-state index in [0.29, 0.717) is 27.3 Å². The highest BCUT2D eigenvalue weighted by molar-refractivity contribution is 7.16. The maximum absolute atomic E-state index is 11.3. The number of carbonyl (C=O) groups excluding carboxylic acids is 2. The van der Waals surface area contributed by atoms with Gasteiger partial charge in [-0.05, 0) is 19.5 Å². The molecule has 0 aliphatic carbocycles. The molecule has 8 heteroatoms. The topological polar surface area (TPSA) is 105 Å². The van der Waals surface area contributed by atoms with Crippen molar-refractivity contribution in [1.82, 2.24) is 5.32 Å². The Hall–Kier alpha value is -1.93. The van der Waals surface area contributed by atoms with Gasteiger partial charge in [-0.15, -0.1) is 11.3 Å². The molecule has 1 unspecified atom stereocenters. The molecule has 0 spiro atoms. The average Bonchev–Trinajstić information content (AvgIpc) is 2.71. The quantitative estimate of drug-likeness (QED) is 0.385. The minimum Gasteiger partial charge on any atom is -0.479 e. The first-order chi connectivity index (χ1) is 9.44. The zero-order valence-corrected chi connectivity index (χ0v) is 12.2. The maximum atomic E-state index is 11.3. The summed E-state index contributed by atoms with van der Waals surface area (Å²) in [6.07, 6.45) is -0.325. The number of aldehydes is 1. The van der Waals surface area contributed by atoms with Crippen LogP contribution in [-0.4, -0.2) is 43.7 Å². The summed E-state index contributed by atoms with van der Waals surface area (Å²) in [5.41, 5.74) is 1.01. The smallest absolute Gasteiger partial charge is 0.341 e. The van der Waals surface area contributed by atoms with Gasteiger partial charge in [0.05, 0.1) is 19.1 Å². The molecular formula is C12H16N2O5S. The van der Waals surface area contributed by atoms with Gasteiger partial charge in [-0.1, -0.05) is 0 Å². The predicted molar refractivity (Wildman–Crippen MR) is 74.3 cm³/mol. The zero-order valence-electron chi connectivity index (χ0n) is 11.4. The fraction of sp³-hybridized carbons (Fsp3) is 0.417. The number of esters is 1. The van der Waals surface area contributed by atoms with Crippen molar-refractivity contribution in [3.63, 3.8) is 0 Å². The van der Waals surface area contributed by atoms with Crippen molar-refractivity contribution in [2.45, 2.75) is 19.5 Å². The number of aliphatic carboxylic acids is 1. The predicted octanol–water partition coefficient (Wildman–Crippen LogP) is 0.627. The third kappa shape index (κ3) is 3.55. The van der Waals surface area contributed by atoms with Crippen molar-refractivity contribution >= 4 is 34.6 Å². The van der Waals surface area contributed by atoms with E-state index in [0.717, 1.165) is 0 Å². The van der Waals surface area contributed by atoms with E-state index in [1.54, 1.807) is 6.92 Å². The standard InChI is InChI=1S/C12H16N2O5S/c1-6-7(5-15)11(14-10(13-2)12(17)18)20-8(6)4-9(16)19-3/h5,10,13-14H,4H2,1-3H3,(H,17,18). The lowest BCUT2D eigenvalue weighted by atomic mass is 10.1. The van der Waals surface area contributed by atoms with Gasteiger partial charge in [0.2, 0.25) is 0 Å². The average molecular weight is 300 g/mol. The lowest BCUT2D eigenvalue weighted by Crippen LogP contribution is -2.40. The Morgan fingerprint density at radius 3 is 2.60 bits per heavy atom. The molecule has 0 aliphatic heterocycles. The molecule has 0 radical (unpaired) electrons. The van der Waals surface area contributed by atoms with Gasteiger partial charge in [0.1, 0.15) is 5.00 Å². The lowest BCUT2D eigenvalue weighted by molar-refractivity contribution is -0.140. The Labute approximate surface area is 119 Å². The fourth-order valence-corrected chi connectivity index (χ4v) is 2.77. The molecule has 0 fully saturated rings. The molecule has 110 valence electrons. The molecule has 20 heavy (non-hydrogen) atoms. The molecule has 0 saturated heterocycles. The summed E-state index contributed by atoms with van der Waals surface area (Å²) in [6, 6.07) is 0. The number of carboxylic acid groups (broad SMARTS) is 1. The van der Waals surface area contributed by atoms with Gasteiger partial charge in [-0.3, -0.25) is 14.9 Å². The van der Waals surface area contributed by atoms with E-state index in [1.807, 2.05) is 0 Å². The van der Waals surface area contributed by atoms with Crippen molar-refractivity contribution < 1.29 is 24.2 Å². The third-order valence-electron chi connectivity index (χ3n) is 2.75. The van der Waals surface area contributed by atoms with Gasteiger partial charge in [-0.25, -0.2) is 4.79 Å². The Morgan fingerprint density at radius 1 is 1.50 bits per heavy atom. The number of carboxylic acids is 1. The van der Waals surface area contributed by atoms with Gasteiger partial charge in [0.25, 0.3) is 0 Å². The summed E-state index contributed by atoms with van der Waals surface area (Å²) < 4.78 is 4.58. The number of methoxy groups -OCH3 is 1. The van der Waals surface area contributed by atoms with Crippen LogP contribution in [-0.2, 0) is 20.7 Å². The van der Waals surface area contributed by atoms with Crippen LogP contribution in [0.15, 0.2) is 0 Å². The van der Waals surface area contributed by atoms with Gasteiger partial charge in [-0.2, -0.15) is 0 Å². The Balaban J connectivity index is 3.07. The molecule has 1 heterocycles. The molecule has 0 saturated carbocycles. The van der Waals surface area contributed by atoms with Crippen LogP contribution >= 0.6 is 11.3 Å². The normalized spacial score (nSPS) is 11.8. The molecule has 1 atom stereocenters. The summed E-state index contributed by atoms with van der Waals surface area (Å²) in [5, 5.41) is 14.7. The minimum absolute atomic E-state index is 0.0484. The van der Waals surface area contributed by atoms with Crippen LogP contribution < -0.4 is 10.6 Å². The number of hydrogen-bond acceptors (Lipinski definition) is 7. The SMILES string of the molecule is CNC(Nc1sc(CC(=O)OC)c(C)c1C=O)C(=O)O. The second-order valence-corrected chi connectivity index (χ2v) is 5.07. The first kappa shape index (κ1) is 16.1. The van der Waals surface area contributed by atoms with Crippen LogP contribution in [0.4, 0.5) is 5.00 Å². The van der Waals surface area contributed by atoms with Crippen molar-refractivity contribution in [3.05, 3.63) is 16.0 Å². The summed E-state index contributed by atoms with van der Waals surface area (Å²) in [7, 11) is 2.77. The monoisotopic (exact) mass is 300 g/mol. The van der Waals surface area contributed by atoms with Crippen molar-refractivity contribution in [1.29, 1.82) is 0 Å². The van der Waals surface area contributed by atoms with Gasteiger partial charge in [0, 0.05) is 4.88 Å². The van der Waals surface area contributed by atoms with E-state index in [9.17, 15) is 14.4 Å². The number of anilines is 1. The zero-order chi connectivity index (χ0) is 15.3. The Kier molecular flexibility index (Phi) is 5.66. The molecule has 1 rings (SSSR count). The largest absolute Gasteiger partial charge is 0.479 e. The molecule has 0 amide bonds. The third-order valence-corrected chi connectivity index (χ3v) is 3.99. The minimum atomic E-state index is -1.09. The molecule has 0 aliphatic rings. The molecule has 0 aromatic carbocycles. The van der Waals surface area contributed by atoms with Crippen molar-refractivity contribution in [2.75, 3.05) is 19.5 Å². The maximum Gasteiger partial charge on any atom is 0.341 e.